The maximum atomic E-state index is 12.7. The molecule has 4 aromatic rings. The number of aromatic nitrogens is 3. The molecule has 0 aliphatic heterocycles. The predicted octanol–water partition coefficient (Wildman–Crippen LogP) is 5.29. The minimum Gasteiger partial charge on any atom is -0.444 e. The maximum Gasteiger partial charge on any atom is 0.228 e. The van der Waals surface area contributed by atoms with Crippen molar-refractivity contribution in [2.75, 3.05) is 5.32 Å². The van der Waals surface area contributed by atoms with Crippen LogP contribution in [0.1, 0.15) is 22.5 Å². The molecule has 0 bridgehead atoms. The van der Waals surface area contributed by atoms with E-state index in [9.17, 15) is 4.79 Å². The topological polar surface area (TPSA) is 73.0 Å². The van der Waals surface area contributed by atoms with E-state index in [0.29, 0.717) is 16.5 Å². The number of benzene rings is 2. The molecule has 6 nitrogen and oxygen atoms in total. The average Bonchev–Trinajstić information content (AvgIpc) is 3.35. The minimum atomic E-state index is -0.114. The van der Waals surface area contributed by atoms with Crippen molar-refractivity contribution in [1.82, 2.24) is 14.8 Å². The molecule has 0 spiro atoms. The summed E-state index contributed by atoms with van der Waals surface area (Å²) >= 11 is 6.27. The summed E-state index contributed by atoms with van der Waals surface area (Å²) in [5.74, 6) is 0.535. The van der Waals surface area contributed by atoms with Gasteiger partial charge in [-0.1, -0.05) is 29.8 Å². The first kappa shape index (κ1) is 19.9. The van der Waals surface area contributed by atoms with E-state index < -0.39 is 0 Å². The number of rotatable bonds is 5. The van der Waals surface area contributed by atoms with E-state index in [1.165, 1.54) is 6.39 Å². The van der Waals surface area contributed by atoms with Gasteiger partial charge in [0.1, 0.15) is 0 Å². The van der Waals surface area contributed by atoms with Gasteiger partial charge in [0.25, 0.3) is 0 Å². The van der Waals surface area contributed by atoms with Crippen molar-refractivity contribution in [2.45, 2.75) is 27.2 Å². The van der Waals surface area contributed by atoms with Crippen LogP contribution in [0.4, 0.5) is 5.69 Å². The molecule has 2 heterocycles. The Bertz CT molecular complexity index is 1210. The number of amides is 1. The fraction of sp³-hybridized carbons (Fsp3) is 0.174. The average molecular weight is 421 g/mol. The molecular formula is C23H21ClN4O2. The number of carbonyl (C=O) groups excluding carboxylic acids is 1. The summed E-state index contributed by atoms with van der Waals surface area (Å²) in [4.78, 5) is 16.7. The van der Waals surface area contributed by atoms with E-state index in [1.807, 2.05) is 67.9 Å². The minimum absolute atomic E-state index is 0.114. The number of oxazole rings is 1. The van der Waals surface area contributed by atoms with Crippen LogP contribution in [0.15, 0.2) is 59.5 Å². The number of hydrogen-bond donors (Lipinski definition) is 1. The van der Waals surface area contributed by atoms with Crippen LogP contribution in [0.3, 0.4) is 0 Å². The molecule has 2 aromatic carbocycles. The van der Waals surface area contributed by atoms with Gasteiger partial charge in [0, 0.05) is 27.5 Å². The summed E-state index contributed by atoms with van der Waals surface area (Å²) in [6.07, 6.45) is 3.24. The fourth-order valence-electron chi connectivity index (χ4n) is 3.37. The summed E-state index contributed by atoms with van der Waals surface area (Å²) < 4.78 is 7.15. The Morgan fingerprint density at radius 2 is 2.00 bits per heavy atom. The quantitative estimate of drug-likeness (QED) is 0.476. The fourth-order valence-corrected chi connectivity index (χ4v) is 3.54. The Morgan fingerprint density at radius 1 is 1.17 bits per heavy atom. The third-order valence-electron chi connectivity index (χ3n) is 5.04. The van der Waals surface area contributed by atoms with Crippen molar-refractivity contribution in [3.05, 3.63) is 82.6 Å². The zero-order chi connectivity index (χ0) is 21.3. The van der Waals surface area contributed by atoms with Gasteiger partial charge in [0.15, 0.2) is 12.2 Å². The summed E-state index contributed by atoms with van der Waals surface area (Å²) in [5.41, 5.74) is 6.05. The van der Waals surface area contributed by atoms with Crippen molar-refractivity contribution < 1.29 is 9.21 Å². The zero-order valence-corrected chi connectivity index (χ0v) is 17.7. The Morgan fingerprint density at radius 3 is 2.73 bits per heavy atom. The first-order valence-electron chi connectivity index (χ1n) is 9.53. The molecule has 0 unspecified atom stereocenters. The van der Waals surface area contributed by atoms with E-state index in [4.69, 9.17) is 16.0 Å². The number of nitrogens with zero attached hydrogens (tertiary/aromatic N) is 3. The molecule has 30 heavy (non-hydrogen) atoms. The molecule has 0 fully saturated rings. The van der Waals surface area contributed by atoms with E-state index >= 15 is 0 Å². The van der Waals surface area contributed by atoms with Crippen molar-refractivity contribution in [3.8, 4) is 17.0 Å². The van der Waals surface area contributed by atoms with Crippen LogP contribution in [-0.4, -0.2) is 20.7 Å². The van der Waals surface area contributed by atoms with Gasteiger partial charge >= 0.3 is 0 Å². The molecule has 0 radical (unpaired) electrons. The SMILES string of the molecule is Cc1ccc(-n2nc(C)c(CC(=O)Nc3cccc(-c4cnco4)c3)c2C)cc1Cl. The Kier molecular flexibility index (Phi) is 5.42. The lowest BCUT2D eigenvalue weighted by Gasteiger charge is -2.08. The third kappa shape index (κ3) is 4.00. The molecule has 152 valence electrons. The van der Waals surface area contributed by atoms with E-state index in [2.05, 4.69) is 15.4 Å². The summed E-state index contributed by atoms with van der Waals surface area (Å²) in [7, 11) is 0. The Balaban J connectivity index is 1.53. The number of carbonyl (C=O) groups is 1. The van der Waals surface area contributed by atoms with Gasteiger partial charge in [-0.15, -0.1) is 0 Å². The molecule has 0 saturated carbocycles. The molecule has 0 saturated heterocycles. The zero-order valence-electron chi connectivity index (χ0n) is 16.9. The van der Waals surface area contributed by atoms with Gasteiger partial charge in [0.05, 0.1) is 24.0 Å². The highest BCUT2D eigenvalue weighted by atomic mass is 35.5. The van der Waals surface area contributed by atoms with Crippen molar-refractivity contribution in [3.63, 3.8) is 0 Å². The normalized spacial score (nSPS) is 10.9. The Hall–Kier alpha value is -3.38. The number of anilines is 1. The smallest absolute Gasteiger partial charge is 0.228 e. The van der Waals surface area contributed by atoms with E-state index in [0.717, 1.165) is 33.8 Å². The van der Waals surface area contributed by atoms with Crippen LogP contribution in [0, 0.1) is 20.8 Å². The maximum absolute atomic E-state index is 12.7. The van der Waals surface area contributed by atoms with Gasteiger partial charge < -0.3 is 9.73 Å². The van der Waals surface area contributed by atoms with Crippen LogP contribution in [-0.2, 0) is 11.2 Å². The second-order valence-corrected chi connectivity index (χ2v) is 7.57. The Labute approximate surface area is 179 Å². The van der Waals surface area contributed by atoms with Crippen molar-refractivity contribution >= 4 is 23.2 Å². The molecule has 7 heteroatoms. The van der Waals surface area contributed by atoms with Gasteiger partial charge in [-0.2, -0.15) is 5.10 Å². The summed E-state index contributed by atoms with van der Waals surface area (Å²) in [6, 6.07) is 13.3. The number of hydrogen-bond acceptors (Lipinski definition) is 4. The van der Waals surface area contributed by atoms with Crippen LogP contribution < -0.4 is 5.32 Å². The highest BCUT2D eigenvalue weighted by molar-refractivity contribution is 6.31. The lowest BCUT2D eigenvalue weighted by Crippen LogP contribution is -2.15. The first-order chi connectivity index (χ1) is 14.4. The largest absolute Gasteiger partial charge is 0.444 e. The van der Waals surface area contributed by atoms with Crippen molar-refractivity contribution in [2.24, 2.45) is 0 Å². The standard InChI is InChI=1S/C23H21ClN4O2/c1-14-7-8-19(10-21(14)24)28-16(3)20(15(2)27-28)11-23(29)26-18-6-4-5-17(9-18)22-12-25-13-30-22/h4-10,12-13H,11H2,1-3H3,(H,26,29). The lowest BCUT2D eigenvalue weighted by molar-refractivity contribution is -0.115. The first-order valence-corrected chi connectivity index (χ1v) is 9.90. The van der Waals surface area contributed by atoms with Crippen LogP contribution >= 0.6 is 11.6 Å². The molecular weight excluding hydrogens is 400 g/mol. The number of aryl methyl sites for hydroxylation is 2. The van der Waals surface area contributed by atoms with Gasteiger partial charge in [-0.05, 0) is 50.6 Å². The molecule has 2 aromatic heterocycles. The molecule has 0 aliphatic rings. The summed E-state index contributed by atoms with van der Waals surface area (Å²) in [5, 5.41) is 8.26. The highest BCUT2D eigenvalue weighted by Crippen LogP contribution is 2.24. The second-order valence-electron chi connectivity index (χ2n) is 7.17. The molecule has 0 aliphatic carbocycles. The van der Waals surface area contributed by atoms with Crippen molar-refractivity contribution in [1.29, 1.82) is 0 Å². The summed E-state index contributed by atoms with van der Waals surface area (Å²) in [6.45, 7) is 5.83. The molecule has 1 amide bonds. The monoisotopic (exact) mass is 420 g/mol. The third-order valence-corrected chi connectivity index (χ3v) is 5.45. The lowest BCUT2D eigenvalue weighted by atomic mass is 10.1. The molecule has 1 N–H and O–H groups in total. The number of halogens is 1. The van der Waals surface area contributed by atoms with Gasteiger partial charge in [-0.3, -0.25) is 4.79 Å². The molecule has 0 atom stereocenters. The highest BCUT2D eigenvalue weighted by Gasteiger charge is 2.17. The number of nitrogens with one attached hydrogen (secondary N) is 1. The van der Waals surface area contributed by atoms with Gasteiger partial charge in [-0.25, -0.2) is 9.67 Å². The van der Waals surface area contributed by atoms with Crippen LogP contribution in [0.5, 0.6) is 0 Å². The second kappa shape index (κ2) is 8.16. The molecule has 4 rings (SSSR count). The van der Waals surface area contributed by atoms with Gasteiger partial charge in [0.2, 0.25) is 5.91 Å². The van der Waals surface area contributed by atoms with E-state index in [1.54, 1.807) is 6.20 Å². The van der Waals surface area contributed by atoms with Crippen LogP contribution in [0.25, 0.3) is 17.0 Å². The van der Waals surface area contributed by atoms with E-state index in [-0.39, 0.29) is 12.3 Å². The van der Waals surface area contributed by atoms with Crippen LogP contribution in [0.2, 0.25) is 5.02 Å². The predicted molar refractivity (Wildman–Crippen MR) is 117 cm³/mol.